The molecular formula is C15H22N2O4. The third kappa shape index (κ3) is 6.16. The van der Waals surface area contributed by atoms with E-state index in [1.165, 1.54) is 0 Å². The first kappa shape index (κ1) is 16.8. The van der Waals surface area contributed by atoms with Crippen LogP contribution >= 0.6 is 0 Å². The molecule has 0 spiro atoms. The summed E-state index contributed by atoms with van der Waals surface area (Å²) < 4.78 is 5.05. The van der Waals surface area contributed by atoms with E-state index < -0.39 is 18.0 Å². The minimum absolute atomic E-state index is 0.329. The molecular weight excluding hydrogens is 272 g/mol. The number of benzene rings is 1. The van der Waals surface area contributed by atoms with Crippen LogP contribution in [0.15, 0.2) is 24.3 Å². The maximum absolute atomic E-state index is 11.7. The van der Waals surface area contributed by atoms with E-state index in [0.29, 0.717) is 13.0 Å². The number of rotatable bonds is 8. The van der Waals surface area contributed by atoms with Gasteiger partial charge in [0.1, 0.15) is 11.8 Å². The first-order chi connectivity index (χ1) is 10.1. The fraction of sp³-hybridized carbons (Fsp3) is 0.467. The molecule has 1 unspecified atom stereocenters. The van der Waals surface area contributed by atoms with Gasteiger partial charge >= 0.3 is 12.0 Å². The predicted octanol–water partition coefficient (Wildman–Crippen LogP) is 2.14. The molecule has 0 aliphatic carbocycles. The SMILES string of the molecule is CCCCC(NC(=O)NCc1ccc(OC)cc1)C(=O)O. The minimum Gasteiger partial charge on any atom is -0.497 e. The van der Waals surface area contributed by atoms with E-state index in [1.807, 2.05) is 19.1 Å². The molecule has 3 N–H and O–H groups in total. The summed E-state index contributed by atoms with van der Waals surface area (Å²) >= 11 is 0. The molecule has 0 aromatic heterocycles. The van der Waals surface area contributed by atoms with Crippen molar-refractivity contribution in [3.05, 3.63) is 29.8 Å². The summed E-state index contributed by atoms with van der Waals surface area (Å²) in [6.45, 7) is 2.30. The number of ether oxygens (including phenoxy) is 1. The zero-order valence-electron chi connectivity index (χ0n) is 12.4. The highest BCUT2D eigenvalue weighted by molar-refractivity contribution is 5.82. The van der Waals surface area contributed by atoms with Crippen LogP contribution < -0.4 is 15.4 Å². The van der Waals surface area contributed by atoms with Crippen molar-refractivity contribution in [2.24, 2.45) is 0 Å². The van der Waals surface area contributed by atoms with Crippen molar-refractivity contribution in [3.8, 4) is 5.75 Å². The number of carboxylic acids is 1. The predicted molar refractivity (Wildman–Crippen MR) is 79.3 cm³/mol. The lowest BCUT2D eigenvalue weighted by Crippen LogP contribution is -2.45. The van der Waals surface area contributed by atoms with E-state index in [2.05, 4.69) is 10.6 Å². The van der Waals surface area contributed by atoms with Gasteiger partial charge in [-0.3, -0.25) is 0 Å². The third-order valence-corrected chi connectivity index (χ3v) is 3.06. The summed E-state index contributed by atoms with van der Waals surface area (Å²) in [6, 6.07) is 5.96. The van der Waals surface area contributed by atoms with Crippen LogP contribution in [0.5, 0.6) is 5.75 Å². The maximum atomic E-state index is 11.7. The third-order valence-electron chi connectivity index (χ3n) is 3.06. The molecule has 6 nitrogen and oxygen atoms in total. The number of hydrogen-bond donors (Lipinski definition) is 3. The first-order valence-corrected chi connectivity index (χ1v) is 6.97. The number of carbonyl (C=O) groups is 2. The molecule has 6 heteroatoms. The van der Waals surface area contributed by atoms with Crippen LogP contribution in [0.25, 0.3) is 0 Å². The van der Waals surface area contributed by atoms with Crippen LogP contribution in [0.2, 0.25) is 0 Å². The van der Waals surface area contributed by atoms with Gasteiger partial charge in [0.15, 0.2) is 0 Å². The zero-order chi connectivity index (χ0) is 15.7. The van der Waals surface area contributed by atoms with Crippen molar-refractivity contribution in [3.63, 3.8) is 0 Å². The van der Waals surface area contributed by atoms with Crippen molar-refractivity contribution < 1.29 is 19.4 Å². The maximum Gasteiger partial charge on any atom is 0.326 e. The molecule has 0 saturated heterocycles. The Morgan fingerprint density at radius 2 is 1.95 bits per heavy atom. The largest absolute Gasteiger partial charge is 0.497 e. The van der Waals surface area contributed by atoms with Crippen molar-refractivity contribution in [2.75, 3.05) is 7.11 Å². The number of nitrogens with one attached hydrogen (secondary N) is 2. The summed E-state index contributed by atoms with van der Waals surface area (Å²) in [5.74, 6) is -0.267. The van der Waals surface area contributed by atoms with Crippen LogP contribution in [-0.2, 0) is 11.3 Å². The quantitative estimate of drug-likeness (QED) is 0.685. The van der Waals surface area contributed by atoms with Gasteiger partial charge in [-0.25, -0.2) is 9.59 Å². The molecule has 2 amide bonds. The molecule has 116 valence electrons. The van der Waals surface area contributed by atoms with Crippen LogP contribution in [0.4, 0.5) is 4.79 Å². The van der Waals surface area contributed by atoms with Gasteiger partial charge in [-0.05, 0) is 24.1 Å². The van der Waals surface area contributed by atoms with Crippen molar-refractivity contribution >= 4 is 12.0 Å². The Morgan fingerprint density at radius 1 is 1.29 bits per heavy atom. The average Bonchev–Trinajstić information content (AvgIpc) is 2.49. The Kier molecular flexibility index (Phi) is 7.08. The number of methoxy groups -OCH3 is 1. The lowest BCUT2D eigenvalue weighted by molar-refractivity contribution is -0.139. The average molecular weight is 294 g/mol. The smallest absolute Gasteiger partial charge is 0.326 e. The Balaban J connectivity index is 2.42. The number of carbonyl (C=O) groups excluding carboxylic acids is 1. The number of carboxylic acid groups (broad SMARTS) is 1. The molecule has 1 aromatic carbocycles. The standard InChI is InChI=1S/C15H22N2O4/c1-3-4-5-13(14(18)19)17-15(20)16-10-11-6-8-12(21-2)9-7-11/h6-9,13H,3-5,10H2,1-2H3,(H,18,19)(H2,16,17,20). The van der Waals surface area contributed by atoms with Crippen molar-refractivity contribution in [1.82, 2.24) is 10.6 Å². The highest BCUT2D eigenvalue weighted by atomic mass is 16.5. The Hall–Kier alpha value is -2.24. The van der Waals surface area contributed by atoms with Crippen molar-refractivity contribution in [1.29, 1.82) is 0 Å². The van der Waals surface area contributed by atoms with E-state index in [0.717, 1.165) is 24.2 Å². The molecule has 0 aliphatic rings. The van der Waals surface area contributed by atoms with E-state index in [9.17, 15) is 9.59 Å². The fourth-order valence-corrected chi connectivity index (χ4v) is 1.80. The van der Waals surface area contributed by atoms with Crippen molar-refractivity contribution in [2.45, 2.75) is 38.8 Å². The molecule has 1 aromatic rings. The molecule has 0 saturated carbocycles. The molecule has 0 radical (unpaired) electrons. The lowest BCUT2D eigenvalue weighted by Gasteiger charge is -2.14. The highest BCUT2D eigenvalue weighted by Gasteiger charge is 2.18. The molecule has 0 fully saturated rings. The topological polar surface area (TPSA) is 87.7 Å². The highest BCUT2D eigenvalue weighted by Crippen LogP contribution is 2.10. The van der Waals surface area contributed by atoms with Crippen LogP contribution in [0.1, 0.15) is 31.7 Å². The van der Waals surface area contributed by atoms with E-state index in [1.54, 1.807) is 19.2 Å². The Labute approximate surface area is 124 Å². The molecule has 1 rings (SSSR count). The Morgan fingerprint density at radius 3 is 2.48 bits per heavy atom. The number of hydrogen-bond acceptors (Lipinski definition) is 3. The zero-order valence-corrected chi connectivity index (χ0v) is 12.4. The molecule has 0 aliphatic heterocycles. The van der Waals surface area contributed by atoms with Crippen LogP contribution in [-0.4, -0.2) is 30.3 Å². The molecule has 21 heavy (non-hydrogen) atoms. The minimum atomic E-state index is -1.01. The molecule has 0 bridgehead atoms. The summed E-state index contributed by atoms with van der Waals surface area (Å²) in [4.78, 5) is 22.7. The van der Waals surface area contributed by atoms with Gasteiger partial charge in [-0.1, -0.05) is 31.9 Å². The number of aliphatic carboxylic acids is 1. The summed E-state index contributed by atoms with van der Waals surface area (Å²) in [5, 5.41) is 14.1. The number of amides is 2. The fourth-order valence-electron chi connectivity index (χ4n) is 1.80. The molecule has 0 heterocycles. The van der Waals surface area contributed by atoms with E-state index in [4.69, 9.17) is 9.84 Å². The summed E-state index contributed by atoms with van der Waals surface area (Å²) in [6.07, 6.45) is 2.08. The Bertz CT molecular complexity index is 459. The van der Waals surface area contributed by atoms with Gasteiger partial charge in [0.05, 0.1) is 7.11 Å². The second-order valence-electron chi connectivity index (χ2n) is 4.71. The van der Waals surface area contributed by atoms with E-state index in [-0.39, 0.29) is 0 Å². The van der Waals surface area contributed by atoms with Gasteiger partial charge in [-0.15, -0.1) is 0 Å². The summed E-state index contributed by atoms with van der Waals surface area (Å²) in [5.41, 5.74) is 0.909. The lowest BCUT2D eigenvalue weighted by atomic mass is 10.1. The van der Waals surface area contributed by atoms with E-state index >= 15 is 0 Å². The first-order valence-electron chi connectivity index (χ1n) is 6.97. The second kappa shape index (κ2) is 8.84. The van der Waals surface area contributed by atoms with Gasteiger partial charge in [0.25, 0.3) is 0 Å². The van der Waals surface area contributed by atoms with Gasteiger partial charge in [-0.2, -0.15) is 0 Å². The molecule has 1 atom stereocenters. The van der Waals surface area contributed by atoms with Gasteiger partial charge in [0.2, 0.25) is 0 Å². The number of unbranched alkanes of at least 4 members (excludes halogenated alkanes) is 1. The van der Waals surface area contributed by atoms with Crippen LogP contribution in [0, 0.1) is 0 Å². The summed E-state index contributed by atoms with van der Waals surface area (Å²) in [7, 11) is 1.59. The van der Waals surface area contributed by atoms with Gasteiger partial charge < -0.3 is 20.5 Å². The van der Waals surface area contributed by atoms with Gasteiger partial charge in [0, 0.05) is 6.54 Å². The normalized spacial score (nSPS) is 11.5. The van der Waals surface area contributed by atoms with Crippen LogP contribution in [0.3, 0.4) is 0 Å². The number of urea groups is 1. The second-order valence-corrected chi connectivity index (χ2v) is 4.71. The monoisotopic (exact) mass is 294 g/mol.